The lowest BCUT2D eigenvalue weighted by Crippen LogP contribution is -2.58. The summed E-state index contributed by atoms with van der Waals surface area (Å²) in [6.07, 6.45) is 4.06. The number of carboxylic acids is 1. The minimum Gasteiger partial charge on any atom is -0.480 e. The van der Waals surface area contributed by atoms with Gasteiger partial charge in [-0.1, -0.05) is 45.9 Å². The number of hydrogen-bond donors (Lipinski definition) is 11. The quantitative estimate of drug-likeness (QED) is 0.0377. The standard InChI is InChI=1S/C39H61N11O8/c1-21(2)16-29(49-35(54)27-12-8-14-42-27)34(53)45-20-32(51)47-30(17-22(3)4)37(56)50-31(18-24-19-44-26-11-7-6-10-25(24)26)36(55)46-23(5)33(52)48-28(38(57)58)13-9-15-43-39(40)41/h6-7,10-11,19,21-23,27-31,42,44H,8-9,12-18,20H2,1-5H3,(H,45,53)(H,46,55)(H,47,51)(H,48,52)(H,49,54)(H,50,56)(H,57,58)(H4,40,41,43). The molecule has 6 amide bonds. The first-order valence-corrected chi connectivity index (χ1v) is 19.8. The van der Waals surface area contributed by atoms with Gasteiger partial charge in [0.1, 0.15) is 30.2 Å². The molecule has 13 N–H and O–H groups in total. The molecule has 58 heavy (non-hydrogen) atoms. The Morgan fingerprint density at radius 2 is 1.45 bits per heavy atom. The molecule has 3 rings (SSSR count). The average molecular weight is 812 g/mol. The molecule has 1 aliphatic rings. The second-order valence-corrected chi connectivity index (χ2v) is 15.5. The van der Waals surface area contributed by atoms with Crippen LogP contribution in [0.15, 0.2) is 35.5 Å². The zero-order valence-corrected chi connectivity index (χ0v) is 34.0. The number of nitrogens with zero attached hydrogens (tertiary/aromatic N) is 1. The van der Waals surface area contributed by atoms with Crippen LogP contribution in [-0.2, 0) is 40.0 Å². The molecule has 0 saturated carbocycles. The number of fused-ring (bicyclic) bond motifs is 1. The van der Waals surface area contributed by atoms with Crippen LogP contribution in [-0.4, -0.2) is 113 Å². The fraction of sp³-hybridized carbons (Fsp3) is 0.590. The Kier molecular flexibility index (Phi) is 18.4. The second-order valence-electron chi connectivity index (χ2n) is 15.5. The van der Waals surface area contributed by atoms with Crippen molar-refractivity contribution >= 4 is 58.3 Å². The van der Waals surface area contributed by atoms with Crippen molar-refractivity contribution in [2.45, 2.75) is 116 Å². The van der Waals surface area contributed by atoms with Crippen LogP contribution in [0.1, 0.15) is 78.7 Å². The van der Waals surface area contributed by atoms with Gasteiger partial charge in [0.15, 0.2) is 5.96 Å². The fourth-order valence-corrected chi connectivity index (χ4v) is 6.56. The Bertz CT molecular complexity index is 1770. The third-order valence-corrected chi connectivity index (χ3v) is 9.54. The molecule has 6 unspecified atom stereocenters. The summed E-state index contributed by atoms with van der Waals surface area (Å²) in [4.78, 5) is 98.8. The molecule has 1 aromatic heterocycles. The van der Waals surface area contributed by atoms with Gasteiger partial charge in [0.05, 0.1) is 12.6 Å². The van der Waals surface area contributed by atoms with E-state index in [4.69, 9.17) is 11.5 Å². The zero-order valence-electron chi connectivity index (χ0n) is 34.0. The highest BCUT2D eigenvalue weighted by atomic mass is 16.4. The number of carboxylic acid groups (broad SMARTS) is 1. The topological polar surface area (TPSA) is 304 Å². The lowest BCUT2D eigenvalue weighted by atomic mass is 10.0. The molecule has 0 aliphatic carbocycles. The van der Waals surface area contributed by atoms with Gasteiger partial charge in [0.2, 0.25) is 35.4 Å². The number of aromatic amines is 1. The third-order valence-electron chi connectivity index (χ3n) is 9.54. The van der Waals surface area contributed by atoms with Gasteiger partial charge in [-0.3, -0.25) is 33.8 Å². The summed E-state index contributed by atoms with van der Waals surface area (Å²) in [7, 11) is 0. The number of carbonyl (C=O) groups excluding carboxylic acids is 6. The number of aliphatic carboxylic acids is 1. The van der Waals surface area contributed by atoms with Crippen LogP contribution in [0.25, 0.3) is 10.9 Å². The predicted molar refractivity (Wildman–Crippen MR) is 218 cm³/mol. The number of carbonyl (C=O) groups is 7. The summed E-state index contributed by atoms with van der Waals surface area (Å²) in [6, 6.07) is 1.30. The number of benzene rings is 1. The number of amides is 6. The molecule has 1 fully saturated rings. The minimum absolute atomic E-state index is 0.00376. The van der Waals surface area contributed by atoms with Crippen molar-refractivity contribution in [3.8, 4) is 0 Å². The van der Waals surface area contributed by atoms with E-state index in [0.29, 0.717) is 24.9 Å². The van der Waals surface area contributed by atoms with E-state index in [-0.39, 0.29) is 62.0 Å². The van der Waals surface area contributed by atoms with Crippen molar-refractivity contribution in [1.82, 2.24) is 42.2 Å². The number of hydrogen-bond acceptors (Lipinski definition) is 9. The predicted octanol–water partition coefficient (Wildman–Crippen LogP) is -0.747. The largest absolute Gasteiger partial charge is 0.480 e. The molecule has 1 saturated heterocycles. The van der Waals surface area contributed by atoms with Gasteiger partial charge in [0.25, 0.3) is 0 Å². The first-order chi connectivity index (χ1) is 27.4. The molecular weight excluding hydrogens is 750 g/mol. The van der Waals surface area contributed by atoms with Crippen LogP contribution in [0.3, 0.4) is 0 Å². The van der Waals surface area contributed by atoms with Gasteiger partial charge in [-0.15, -0.1) is 0 Å². The molecule has 1 aromatic carbocycles. The molecule has 0 radical (unpaired) electrons. The van der Waals surface area contributed by atoms with E-state index in [1.807, 2.05) is 52.0 Å². The van der Waals surface area contributed by atoms with Crippen molar-refractivity contribution in [2.24, 2.45) is 28.3 Å². The third kappa shape index (κ3) is 15.3. The molecule has 320 valence electrons. The van der Waals surface area contributed by atoms with E-state index in [9.17, 15) is 38.7 Å². The summed E-state index contributed by atoms with van der Waals surface area (Å²) in [5.41, 5.74) is 12.1. The monoisotopic (exact) mass is 811 g/mol. The Hall–Kier alpha value is -5.72. The maximum absolute atomic E-state index is 13.9. The van der Waals surface area contributed by atoms with Crippen LogP contribution in [0.5, 0.6) is 0 Å². The molecule has 2 heterocycles. The minimum atomic E-state index is -1.28. The van der Waals surface area contributed by atoms with Gasteiger partial charge in [-0.25, -0.2) is 4.79 Å². The van der Waals surface area contributed by atoms with Crippen molar-refractivity contribution < 1.29 is 38.7 Å². The van der Waals surface area contributed by atoms with Crippen molar-refractivity contribution in [3.63, 3.8) is 0 Å². The molecule has 1 aliphatic heterocycles. The normalized spacial score (nSPS) is 16.4. The van der Waals surface area contributed by atoms with Crippen molar-refractivity contribution in [1.29, 1.82) is 0 Å². The van der Waals surface area contributed by atoms with E-state index in [1.54, 1.807) is 6.20 Å². The zero-order chi connectivity index (χ0) is 42.9. The second kappa shape index (κ2) is 22.9. The molecule has 2 aromatic rings. The Balaban J connectivity index is 1.73. The summed E-state index contributed by atoms with van der Waals surface area (Å²) in [6.45, 7) is 9.34. The van der Waals surface area contributed by atoms with E-state index in [1.165, 1.54) is 6.92 Å². The molecule has 6 atom stereocenters. The number of aromatic nitrogens is 1. The first kappa shape index (κ1) is 46.7. The summed E-state index contributed by atoms with van der Waals surface area (Å²) in [5.74, 6) is -5.07. The van der Waals surface area contributed by atoms with Crippen LogP contribution in [0.4, 0.5) is 0 Å². The Morgan fingerprint density at radius 1 is 0.810 bits per heavy atom. The molecule has 0 spiro atoms. The number of aliphatic imine (C=N–C) groups is 1. The van der Waals surface area contributed by atoms with E-state index < -0.39 is 72.3 Å². The van der Waals surface area contributed by atoms with Gasteiger partial charge >= 0.3 is 5.97 Å². The molecule has 19 heteroatoms. The highest BCUT2D eigenvalue weighted by Gasteiger charge is 2.32. The number of H-pyrrole nitrogens is 1. The Labute approximate surface area is 338 Å². The van der Waals surface area contributed by atoms with Gasteiger partial charge < -0.3 is 58.8 Å². The van der Waals surface area contributed by atoms with Crippen LogP contribution in [0, 0.1) is 11.8 Å². The van der Waals surface area contributed by atoms with Crippen molar-refractivity contribution in [3.05, 3.63) is 36.0 Å². The fourth-order valence-electron chi connectivity index (χ4n) is 6.56. The van der Waals surface area contributed by atoms with Crippen molar-refractivity contribution in [2.75, 3.05) is 19.6 Å². The summed E-state index contributed by atoms with van der Waals surface area (Å²) < 4.78 is 0. The molecular formula is C39H61N11O8. The first-order valence-electron chi connectivity index (χ1n) is 19.8. The number of guanidine groups is 1. The Morgan fingerprint density at radius 3 is 2.07 bits per heavy atom. The van der Waals surface area contributed by atoms with E-state index in [2.05, 4.69) is 47.2 Å². The maximum atomic E-state index is 13.9. The maximum Gasteiger partial charge on any atom is 0.326 e. The summed E-state index contributed by atoms with van der Waals surface area (Å²) >= 11 is 0. The van der Waals surface area contributed by atoms with Gasteiger partial charge in [-0.2, -0.15) is 0 Å². The number of nitrogens with two attached hydrogens (primary N) is 2. The van der Waals surface area contributed by atoms with Crippen LogP contribution >= 0.6 is 0 Å². The lowest BCUT2D eigenvalue weighted by Gasteiger charge is -2.26. The number of nitrogens with one attached hydrogen (secondary N) is 8. The highest BCUT2D eigenvalue weighted by Crippen LogP contribution is 2.20. The van der Waals surface area contributed by atoms with Gasteiger partial charge in [0, 0.05) is 30.1 Å². The SMILES string of the molecule is CC(C)CC(NC(=O)CNC(=O)C(CC(C)C)NC(=O)C1CCCN1)C(=O)NC(Cc1c[nH]c2ccccc12)C(=O)NC(C)C(=O)NC(CCCN=C(N)N)C(=O)O. The van der Waals surface area contributed by atoms with Crippen LogP contribution in [0.2, 0.25) is 0 Å². The number of rotatable bonds is 23. The number of para-hydroxylation sites is 1. The molecule has 19 nitrogen and oxygen atoms in total. The highest BCUT2D eigenvalue weighted by molar-refractivity contribution is 5.96. The van der Waals surface area contributed by atoms with E-state index >= 15 is 0 Å². The summed E-state index contributed by atoms with van der Waals surface area (Å²) in [5, 5.41) is 29.4. The van der Waals surface area contributed by atoms with Gasteiger partial charge in [-0.05, 0) is 75.5 Å². The average Bonchev–Trinajstić information content (AvgIpc) is 3.84. The lowest BCUT2D eigenvalue weighted by molar-refractivity contribution is -0.142. The van der Waals surface area contributed by atoms with Crippen LogP contribution < -0.4 is 48.7 Å². The smallest absolute Gasteiger partial charge is 0.326 e. The molecule has 0 bridgehead atoms. The van der Waals surface area contributed by atoms with E-state index in [0.717, 1.165) is 17.3 Å².